The summed E-state index contributed by atoms with van der Waals surface area (Å²) in [4.78, 5) is 40.9. The fourth-order valence-corrected chi connectivity index (χ4v) is 4.18. The van der Waals surface area contributed by atoms with Crippen LogP contribution < -0.4 is 21.5 Å². The Labute approximate surface area is 241 Å². The van der Waals surface area contributed by atoms with Crippen molar-refractivity contribution in [2.24, 2.45) is 16.5 Å². The predicted octanol–water partition coefficient (Wildman–Crippen LogP) is 4.39. The fraction of sp³-hybridized carbons (Fsp3) is 0.103. The van der Waals surface area contributed by atoms with Crippen molar-refractivity contribution in [2.45, 2.75) is 18.9 Å². The first-order valence-corrected chi connectivity index (χ1v) is 12.3. The second-order valence-corrected chi connectivity index (χ2v) is 9.15. The zero-order valence-corrected chi connectivity index (χ0v) is 22.6. The first kappa shape index (κ1) is 29.9. The van der Waals surface area contributed by atoms with E-state index in [1.807, 2.05) is 42.5 Å². The van der Waals surface area contributed by atoms with Crippen LogP contribution in [0.15, 0.2) is 89.9 Å². The number of carboxylic acids is 1. The molecule has 40 heavy (non-hydrogen) atoms. The second kappa shape index (κ2) is 13.5. The van der Waals surface area contributed by atoms with Crippen molar-refractivity contribution in [3.63, 3.8) is 0 Å². The van der Waals surface area contributed by atoms with Crippen molar-refractivity contribution in [2.75, 3.05) is 0 Å². The van der Waals surface area contributed by atoms with Crippen LogP contribution in [0, 0.1) is 0 Å². The van der Waals surface area contributed by atoms with Crippen LogP contribution in [0.2, 0.25) is 5.02 Å². The van der Waals surface area contributed by atoms with E-state index in [0.717, 1.165) is 16.3 Å². The van der Waals surface area contributed by atoms with Crippen LogP contribution in [0.4, 0.5) is 5.69 Å². The van der Waals surface area contributed by atoms with E-state index in [4.69, 9.17) is 27.8 Å². The molecule has 0 heterocycles. The number of ether oxygens (including phenoxy) is 1. The standard InChI is InChI=1S/C29H25ClN4O5.ClH/c30-24-16-23(39-28(38)19-7-10-22(11-8-19)33-29(31)32)12-9-21(24)15-26(35)34-25(27(36)37)14-17-5-6-18-3-1-2-4-20(18)13-17;/h1-13,16,25H,14-15H2,(H,34,35)(H,36,37)(H4,31,32,33);1H/t25-;/m0./s1. The highest BCUT2D eigenvalue weighted by Gasteiger charge is 2.21. The average molecular weight is 581 g/mol. The summed E-state index contributed by atoms with van der Waals surface area (Å²) in [5.41, 5.74) is 12.7. The Morgan fingerprint density at radius 2 is 1.62 bits per heavy atom. The number of guanidine groups is 1. The molecule has 4 aromatic rings. The van der Waals surface area contributed by atoms with Crippen LogP contribution in [0.25, 0.3) is 10.8 Å². The Balaban J connectivity index is 0.00000441. The van der Waals surface area contributed by atoms with Crippen LogP contribution in [-0.2, 0) is 22.4 Å². The molecule has 0 radical (unpaired) electrons. The van der Waals surface area contributed by atoms with Gasteiger partial charge in [-0.3, -0.25) is 4.79 Å². The molecule has 4 rings (SSSR count). The number of aliphatic carboxylic acids is 1. The third-order valence-corrected chi connectivity index (χ3v) is 6.19. The van der Waals surface area contributed by atoms with Crippen LogP contribution >= 0.6 is 24.0 Å². The minimum Gasteiger partial charge on any atom is -0.480 e. The molecule has 1 atom stereocenters. The maximum atomic E-state index is 12.7. The molecule has 0 aliphatic carbocycles. The van der Waals surface area contributed by atoms with Gasteiger partial charge in [0.05, 0.1) is 17.7 Å². The molecular weight excluding hydrogens is 555 g/mol. The van der Waals surface area contributed by atoms with Crippen molar-refractivity contribution < 1.29 is 24.2 Å². The summed E-state index contributed by atoms with van der Waals surface area (Å²) in [5, 5.41) is 14.5. The summed E-state index contributed by atoms with van der Waals surface area (Å²) in [6.45, 7) is 0. The highest BCUT2D eigenvalue weighted by molar-refractivity contribution is 6.31. The lowest BCUT2D eigenvalue weighted by Gasteiger charge is -2.16. The largest absolute Gasteiger partial charge is 0.480 e. The first-order valence-electron chi connectivity index (χ1n) is 11.9. The number of amides is 1. The summed E-state index contributed by atoms with van der Waals surface area (Å²) < 4.78 is 5.37. The van der Waals surface area contributed by atoms with Gasteiger partial charge in [0.15, 0.2) is 5.96 Å². The molecule has 0 saturated carbocycles. The molecular formula is C29H26Cl2N4O5. The van der Waals surface area contributed by atoms with Crippen LogP contribution in [0.1, 0.15) is 21.5 Å². The summed E-state index contributed by atoms with van der Waals surface area (Å²) in [6, 6.07) is 22.9. The van der Waals surface area contributed by atoms with E-state index in [0.29, 0.717) is 11.3 Å². The molecule has 0 aliphatic heterocycles. The Morgan fingerprint density at radius 3 is 2.27 bits per heavy atom. The number of rotatable bonds is 9. The normalized spacial score (nSPS) is 11.1. The molecule has 0 fully saturated rings. The van der Waals surface area contributed by atoms with Gasteiger partial charge in [-0.1, -0.05) is 60.1 Å². The number of hydrogen-bond donors (Lipinski definition) is 4. The van der Waals surface area contributed by atoms with Crippen molar-refractivity contribution in [3.8, 4) is 5.75 Å². The van der Waals surface area contributed by atoms with Crippen molar-refractivity contribution in [1.82, 2.24) is 5.32 Å². The molecule has 0 aliphatic rings. The molecule has 0 spiro atoms. The third-order valence-electron chi connectivity index (χ3n) is 5.83. The van der Waals surface area contributed by atoms with Crippen molar-refractivity contribution in [1.29, 1.82) is 0 Å². The van der Waals surface area contributed by atoms with Crippen LogP contribution in [-0.4, -0.2) is 35.0 Å². The number of aliphatic imine (C=N–C) groups is 1. The third kappa shape index (κ3) is 7.95. The quantitative estimate of drug-likeness (QED) is 0.0988. The summed E-state index contributed by atoms with van der Waals surface area (Å²) in [5.74, 6) is -2.18. The molecule has 11 heteroatoms. The maximum Gasteiger partial charge on any atom is 0.343 e. The summed E-state index contributed by atoms with van der Waals surface area (Å²) >= 11 is 6.33. The SMILES string of the molecule is Cl.NC(N)=Nc1ccc(C(=O)Oc2ccc(CC(=O)N[C@@H](Cc3ccc4ccccc4c3)C(=O)O)c(Cl)c2)cc1. The molecule has 4 aromatic carbocycles. The first-order chi connectivity index (χ1) is 18.7. The lowest BCUT2D eigenvalue weighted by molar-refractivity contribution is -0.141. The molecule has 1 amide bonds. The molecule has 0 bridgehead atoms. The monoisotopic (exact) mass is 580 g/mol. The topological polar surface area (TPSA) is 157 Å². The zero-order chi connectivity index (χ0) is 27.9. The van der Waals surface area contributed by atoms with Gasteiger partial charge in [0.2, 0.25) is 5.91 Å². The second-order valence-electron chi connectivity index (χ2n) is 8.75. The Hall–Kier alpha value is -4.60. The van der Waals surface area contributed by atoms with Gasteiger partial charge < -0.3 is 26.6 Å². The molecule has 0 unspecified atom stereocenters. The smallest absolute Gasteiger partial charge is 0.343 e. The number of benzene rings is 4. The minimum absolute atomic E-state index is 0. The van der Waals surface area contributed by atoms with E-state index in [1.165, 1.54) is 24.3 Å². The van der Waals surface area contributed by atoms with E-state index < -0.39 is 23.9 Å². The highest BCUT2D eigenvalue weighted by Crippen LogP contribution is 2.24. The minimum atomic E-state index is -1.14. The van der Waals surface area contributed by atoms with Gasteiger partial charge in [-0.05, 0) is 58.3 Å². The Bertz CT molecular complexity index is 1570. The molecule has 0 aromatic heterocycles. The number of nitrogens with zero attached hydrogens (tertiary/aromatic N) is 1. The number of esters is 1. The number of nitrogens with two attached hydrogens (primary N) is 2. The van der Waals surface area contributed by atoms with Crippen LogP contribution in [0.3, 0.4) is 0 Å². The van der Waals surface area contributed by atoms with E-state index in [-0.39, 0.29) is 47.5 Å². The number of carbonyl (C=O) groups is 3. The van der Waals surface area contributed by atoms with E-state index in [9.17, 15) is 19.5 Å². The van der Waals surface area contributed by atoms with Crippen LogP contribution in [0.5, 0.6) is 5.75 Å². The molecule has 206 valence electrons. The number of fused-ring (bicyclic) bond motifs is 1. The van der Waals surface area contributed by atoms with Gasteiger partial charge in [-0.2, -0.15) is 0 Å². The van der Waals surface area contributed by atoms with Gasteiger partial charge in [-0.15, -0.1) is 12.4 Å². The van der Waals surface area contributed by atoms with E-state index >= 15 is 0 Å². The summed E-state index contributed by atoms with van der Waals surface area (Å²) in [6.07, 6.45) is -0.0255. The number of nitrogens with one attached hydrogen (secondary N) is 1. The molecule has 0 saturated heterocycles. The molecule has 9 nitrogen and oxygen atoms in total. The van der Waals surface area contributed by atoms with Gasteiger partial charge in [0, 0.05) is 11.4 Å². The van der Waals surface area contributed by atoms with Gasteiger partial charge in [0.25, 0.3) is 0 Å². The van der Waals surface area contributed by atoms with Gasteiger partial charge in [-0.25, -0.2) is 14.6 Å². The number of carbonyl (C=O) groups excluding carboxylic acids is 2. The fourth-order valence-electron chi connectivity index (χ4n) is 3.94. The zero-order valence-electron chi connectivity index (χ0n) is 21.0. The summed E-state index contributed by atoms with van der Waals surface area (Å²) in [7, 11) is 0. The van der Waals surface area contributed by atoms with Gasteiger partial charge in [0.1, 0.15) is 11.8 Å². The number of hydrogen-bond acceptors (Lipinski definition) is 5. The number of carboxylic acid groups (broad SMARTS) is 1. The predicted molar refractivity (Wildman–Crippen MR) is 156 cm³/mol. The molecule has 6 N–H and O–H groups in total. The van der Waals surface area contributed by atoms with E-state index in [1.54, 1.807) is 18.2 Å². The Morgan fingerprint density at radius 1 is 0.925 bits per heavy atom. The van der Waals surface area contributed by atoms with Crippen molar-refractivity contribution >= 4 is 64.3 Å². The van der Waals surface area contributed by atoms with E-state index in [2.05, 4.69) is 10.3 Å². The number of halogens is 2. The lowest BCUT2D eigenvalue weighted by atomic mass is 10.0. The maximum absolute atomic E-state index is 12.7. The lowest BCUT2D eigenvalue weighted by Crippen LogP contribution is -2.43. The highest BCUT2D eigenvalue weighted by atomic mass is 35.5. The van der Waals surface area contributed by atoms with Crippen molar-refractivity contribution in [3.05, 3.63) is 107 Å². The van der Waals surface area contributed by atoms with Gasteiger partial charge >= 0.3 is 11.9 Å². The average Bonchev–Trinajstić information content (AvgIpc) is 2.90. The Kier molecular flexibility index (Phi) is 10.1.